The number of anilines is 1. The highest BCUT2D eigenvalue weighted by Crippen LogP contribution is 2.28. The van der Waals surface area contributed by atoms with Gasteiger partial charge in [0.1, 0.15) is 0 Å². The number of hydrogen-bond acceptors (Lipinski definition) is 5. The van der Waals surface area contributed by atoms with E-state index in [-0.39, 0.29) is 18.9 Å². The molecule has 1 atom stereocenters. The minimum absolute atomic E-state index is 0.0918. The highest BCUT2D eigenvalue weighted by molar-refractivity contribution is 6.01. The van der Waals surface area contributed by atoms with Crippen molar-refractivity contribution in [3.8, 4) is 11.5 Å². The summed E-state index contributed by atoms with van der Waals surface area (Å²) in [6, 6.07) is 12.5. The van der Waals surface area contributed by atoms with E-state index >= 15 is 0 Å². The molecule has 2 aromatic rings. The zero-order chi connectivity index (χ0) is 23.1. The predicted molar refractivity (Wildman–Crippen MR) is 121 cm³/mol. The van der Waals surface area contributed by atoms with Crippen LogP contribution in [0.5, 0.6) is 11.5 Å². The third-order valence-electron chi connectivity index (χ3n) is 5.34. The molecule has 1 aliphatic rings. The second-order valence-electron chi connectivity index (χ2n) is 7.58. The van der Waals surface area contributed by atoms with Gasteiger partial charge >= 0.3 is 0 Å². The van der Waals surface area contributed by atoms with E-state index in [1.54, 1.807) is 23.1 Å². The van der Waals surface area contributed by atoms with E-state index in [9.17, 15) is 14.4 Å². The molecule has 1 heterocycles. The van der Waals surface area contributed by atoms with E-state index in [0.717, 1.165) is 18.5 Å². The molecule has 170 valence electrons. The smallest absolute Gasteiger partial charge is 0.269 e. The summed E-state index contributed by atoms with van der Waals surface area (Å²) in [5, 5.41) is 0. The molecule has 1 fully saturated rings. The number of rotatable bonds is 8. The number of nitrogens with one attached hydrogen (secondary N) is 2. The Balaban J connectivity index is 1.57. The van der Waals surface area contributed by atoms with Crippen LogP contribution in [-0.2, 0) is 16.0 Å². The third kappa shape index (κ3) is 5.38. The quantitative estimate of drug-likeness (QED) is 0.617. The summed E-state index contributed by atoms with van der Waals surface area (Å²) in [4.78, 5) is 39.0. The fraction of sp³-hybridized carbons (Fsp3) is 0.375. The monoisotopic (exact) mass is 439 g/mol. The Morgan fingerprint density at radius 2 is 1.81 bits per heavy atom. The Morgan fingerprint density at radius 3 is 2.47 bits per heavy atom. The van der Waals surface area contributed by atoms with Crippen LogP contribution in [0.2, 0.25) is 0 Å². The van der Waals surface area contributed by atoms with Crippen molar-refractivity contribution in [3.05, 3.63) is 53.6 Å². The molecule has 2 aromatic carbocycles. The Labute approximate surface area is 187 Å². The molecule has 32 heavy (non-hydrogen) atoms. The van der Waals surface area contributed by atoms with Gasteiger partial charge in [0.05, 0.1) is 19.6 Å². The Kier molecular flexibility index (Phi) is 7.70. The summed E-state index contributed by atoms with van der Waals surface area (Å²) < 4.78 is 10.9. The van der Waals surface area contributed by atoms with Crippen molar-refractivity contribution in [2.24, 2.45) is 5.92 Å². The number of hydrogen-bond donors (Lipinski definition) is 2. The van der Waals surface area contributed by atoms with Gasteiger partial charge in [-0.05, 0) is 48.7 Å². The fourth-order valence-electron chi connectivity index (χ4n) is 3.48. The maximum absolute atomic E-state index is 12.6. The topological polar surface area (TPSA) is 97.0 Å². The molecule has 0 radical (unpaired) electrons. The van der Waals surface area contributed by atoms with Crippen molar-refractivity contribution in [1.82, 2.24) is 10.9 Å². The molecule has 8 heteroatoms. The van der Waals surface area contributed by atoms with Crippen LogP contribution < -0.4 is 25.2 Å². The Morgan fingerprint density at radius 1 is 1.06 bits per heavy atom. The van der Waals surface area contributed by atoms with Gasteiger partial charge in [-0.1, -0.05) is 26.0 Å². The van der Waals surface area contributed by atoms with Gasteiger partial charge < -0.3 is 14.4 Å². The number of carbonyl (C=O) groups excluding carboxylic acids is 3. The summed E-state index contributed by atoms with van der Waals surface area (Å²) in [7, 11) is 1.50. The molecule has 3 amide bonds. The molecular formula is C24H29N3O5. The van der Waals surface area contributed by atoms with Crippen molar-refractivity contribution in [2.45, 2.75) is 33.1 Å². The second kappa shape index (κ2) is 10.7. The summed E-state index contributed by atoms with van der Waals surface area (Å²) >= 11 is 0. The lowest BCUT2D eigenvalue weighted by Crippen LogP contribution is -2.45. The molecule has 3 rings (SSSR count). The van der Waals surface area contributed by atoms with Gasteiger partial charge in [-0.3, -0.25) is 25.2 Å². The number of nitrogens with zero attached hydrogens (tertiary/aromatic N) is 1. The van der Waals surface area contributed by atoms with Gasteiger partial charge in [0.25, 0.3) is 5.91 Å². The average Bonchev–Trinajstić information content (AvgIpc) is 3.22. The predicted octanol–water partition coefficient (Wildman–Crippen LogP) is 2.86. The summed E-state index contributed by atoms with van der Waals surface area (Å²) in [6.07, 6.45) is 1.86. The van der Waals surface area contributed by atoms with Crippen LogP contribution in [0.1, 0.15) is 42.6 Å². The third-order valence-corrected chi connectivity index (χ3v) is 5.34. The van der Waals surface area contributed by atoms with Gasteiger partial charge in [-0.25, -0.2) is 0 Å². The van der Waals surface area contributed by atoms with E-state index in [1.165, 1.54) is 12.7 Å². The van der Waals surface area contributed by atoms with Gasteiger partial charge in [0.2, 0.25) is 11.8 Å². The average molecular weight is 440 g/mol. The number of hydrazine groups is 1. The van der Waals surface area contributed by atoms with Crippen LogP contribution in [0.3, 0.4) is 0 Å². The molecule has 1 saturated heterocycles. The van der Waals surface area contributed by atoms with Crippen molar-refractivity contribution >= 4 is 23.4 Å². The van der Waals surface area contributed by atoms with Crippen molar-refractivity contribution < 1.29 is 23.9 Å². The zero-order valence-corrected chi connectivity index (χ0v) is 18.6. The second-order valence-corrected chi connectivity index (χ2v) is 7.58. The Bertz CT molecular complexity index is 974. The normalized spacial score (nSPS) is 15.4. The SMILES string of the molecule is CCCOc1ccc(C(=O)NNC(=O)C2CC(=O)N(c3ccc(CC)cc3)C2)cc1OC. The lowest BCUT2D eigenvalue weighted by molar-refractivity contribution is -0.126. The first-order chi connectivity index (χ1) is 15.5. The van der Waals surface area contributed by atoms with Gasteiger partial charge in [0.15, 0.2) is 11.5 Å². The lowest BCUT2D eigenvalue weighted by Gasteiger charge is -2.17. The molecule has 0 aliphatic carbocycles. The highest BCUT2D eigenvalue weighted by atomic mass is 16.5. The van der Waals surface area contributed by atoms with Gasteiger partial charge in [-0.2, -0.15) is 0 Å². The first kappa shape index (κ1) is 23.1. The van der Waals surface area contributed by atoms with E-state index in [1.807, 2.05) is 31.2 Å². The minimum Gasteiger partial charge on any atom is -0.493 e. The van der Waals surface area contributed by atoms with Crippen molar-refractivity contribution in [3.63, 3.8) is 0 Å². The minimum atomic E-state index is -0.548. The number of carbonyl (C=O) groups is 3. The highest BCUT2D eigenvalue weighted by Gasteiger charge is 2.35. The van der Waals surface area contributed by atoms with E-state index in [0.29, 0.717) is 23.7 Å². The van der Waals surface area contributed by atoms with E-state index in [4.69, 9.17) is 9.47 Å². The summed E-state index contributed by atoms with van der Waals surface area (Å²) in [5.74, 6) is -0.583. The zero-order valence-electron chi connectivity index (χ0n) is 18.6. The van der Waals surface area contributed by atoms with Crippen LogP contribution in [0.25, 0.3) is 0 Å². The maximum atomic E-state index is 12.6. The first-order valence-electron chi connectivity index (χ1n) is 10.8. The van der Waals surface area contributed by atoms with Crippen LogP contribution in [0.4, 0.5) is 5.69 Å². The van der Waals surface area contributed by atoms with Crippen LogP contribution in [-0.4, -0.2) is 38.0 Å². The Hall–Kier alpha value is -3.55. The molecule has 0 bridgehead atoms. The van der Waals surface area contributed by atoms with Gasteiger partial charge in [0, 0.05) is 24.2 Å². The standard InChI is InChI=1S/C24H29N3O5/c1-4-12-32-20-11-8-17(13-21(20)31-3)23(29)25-26-24(30)18-14-22(28)27(15-18)19-9-6-16(5-2)7-10-19/h6-11,13,18H,4-5,12,14-15H2,1-3H3,(H,25,29)(H,26,30). The molecular weight excluding hydrogens is 410 g/mol. The molecule has 2 N–H and O–H groups in total. The van der Waals surface area contributed by atoms with E-state index in [2.05, 4.69) is 17.8 Å². The van der Waals surface area contributed by atoms with E-state index < -0.39 is 17.7 Å². The van der Waals surface area contributed by atoms with Gasteiger partial charge in [-0.15, -0.1) is 0 Å². The number of aryl methyl sites for hydroxylation is 1. The lowest BCUT2D eigenvalue weighted by atomic mass is 10.1. The molecule has 1 aliphatic heterocycles. The number of amides is 3. The van der Waals surface area contributed by atoms with Crippen LogP contribution in [0, 0.1) is 5.92 Å². The fourth-order valence-corrected chi connectivity index (χ4v) is 3.48. The van der Waals surface area contributed by atoms with Crippen molar-refractivity contribution in [1.29, 1.82) is 0 Å². The molecule has 0 aromatic heterocycles. The van der Waals surface area contributed by atoms with Crippen LogP contribution >= 0.6 is 0 Å². The van der Waals surface area contributed by atoms with Crippen LogP contribution in [0.15, 0.2) is 42.5 Å². The molecule has 0 saturated carbocycles. The number of benzene rings is 2. The number of ether oxygens (including phenoxy) is 2. The summed E-state index contributed by atoms with van der Waals surface area (Å²) in [6.45, 7) is 4.87. The molecule has 8 nitrogen and oxygen atoms in total. The molecule has 1 unspecified atom stereocenters. The summed E-state index contributed by atoms with van der Waals surface area (Å²) in [5.41, 5.74) is 7.10. The number of methoxy groups -OCH3 is 1. The van der Waals surface area contributed by atoms with Crippen molar-refractivity contribution in [2.75, 3.05) is 25.2 Å². The maximum Gasteiger partial charge on any atom is 0.269 e. The largest absolute Gasteiger partial charge is 0.493 e. The first-order valence-corrected chi connectivity index (χ1v) is 10.8. The molecule has 0 spiro atoms.